The first-order chi connectivity index (χ1) is 18.1. The zero-order valence-corrected chi connectivity index (χ0v) is 21.9. The van der Waals surface area contributed by atoms with Crippen molar-refractivity contribution in [1.29, 1.82) is 0 Å². The average Bonchev–Trinajstić information content (AvgIpc) is 2.95. The maximum Gasteiger partial charge on any atom is 0.159 e. The summed E-state index contributed by atoms with van der Waals surface area (Å²) in [6.45, 7) is 2.52. The van der Waals surface area contributed by atoms with E-state index in [2.05, 4.69) is 59.5 Å². The Hall–Kier alpha value is -2.86. The molecule has 1 N–H and O–H groups in total. The van der Waals surface area contributed by atoms with Crippen molar-refractivity contribution in [2.24, 2.45) is 5.92 Å². The van der Waals surface area contributed by atoms with Gasteiger partial charge in [-0.1, -0.05) is 42.5 Å². The fourth-order valence-corrected chi connectivity index (χ4v) is 7.05. The smallest absolute Gasteiger partial charge is 0.159 e. The lowest BCUT2D eigenvalue weighted by atomic mass is 9.65. The van der Waals surface area contributed by atoms with Gasteiger partial charge in [-0.15, -0.1) is 0 Å². The van der Waals surface area contributed by atoms with E-state index in [1.807, 2.05) is 12.1 Å². The van der Waals surface area contributed by atoms with E-state index in [4.69, 9.17) is 14.2 Å². The van der Waals surface area contributed by atoms with Crippen LogP contribution in [0.25, 0.3) is 0 Å². The number of hydrogen-bond donors (Lipinski definition) is 1. The van der Waals surface area contributed by atoms with Crippen molar-refractivity contribution in [1.82, 2.24) is 0 Å². The number of piperidine rings is 1. The molecule has 5 heteroatoms. The average molecular weight is 500 g/mol. The Bertz CT molecular complexity index is 1230. The summed E-state index contributed by atoms with van der Waals surface area (Å²) >= 11 is 0. The molecule has 194 valence electrons. The molecule has 6 rings (SSSR count). The van der Waals surface area contributed by atoms with Crippen LogP contribution in [0.3, 0.4) is 0 Å². The summed E-state index contributed by atoms with van der Waals surface area (Å²) in [5.74, 6) is 0.801. The molecular weight excluding hydrogens is 462 g/mol. The summed E-state index contributed by atoms with van der Waals surface area (Å²) in [5.41, 5.74) is 7.19. The van der Waals surface area contributed by atoms with Crippen LogP contribution in [0.1, 0.15) is 59.4 Å². The minimum Gasteiger partial charge on any atom is -0.508 e. The zero-order valence-electron chi connectivity index (χ0n) is 21.9. The highest BCUT2D eigenvalue weighted by Crippen LogP contribution is 2.55. The van der Waals surface area contributed by atoms with Crippen molar-refractivity contribution in [2.45, 2.75) is 56.5 Å². The molecule has 0 bridgehead atoms. The molecule has 3 aromatic rings. The third kappa shape index (κ3) is 4.33. The largest absolute Gasteiger partial charge is 0.508 e. The molecule has 0 unspecified atom stereocenters. The number of rotatable bonds is 5. The van der Waals surface area contributed by atoms with Crippen molar-refractivity contribution in [3.8, 4) is 5.75 Å². The first-order valence-corrected chi connectivity index (χ1v) is 13.6. The fourth-order valence-electron chi connectivity index (χ4n) is 7.05. The lowest BCUT2D eigenvalue weighted by molar-refractivity contribution is -0.141. The van der Waals surface area contributed by atoms with Crippen LogP contribution in [0.5, 0.6) is 5.75 Å². The van der Waals surface area contributed by atoms with E-state index in [9.17, 15) is 5.11 Å². The fraction of sp³-hybridized carbons (Fsp3) is 0.438. The van der Waals surface area contributed by atoms with Crippen molar-refractivity contribution >= 4 is 5.69 Å². The second kappa shape index (κ2) is 10.1. The van der Waals surface area contributed by atoms with Crippen molar-refractivity contribution in [3.63, 3.8) is 0 Å². The molecule has 1 saturated heterocycles. The van der Waals surface area contributed by atoms with Gasteiger partial charge in [0.1, 0.15) is 11.4 Å². The van der Waals surface area contributed by atoms with Crippen LogP contribution in [-0.2, 0) is 32.8 Å². The molecule has 0 aromatic heterocycles. The van der Waals surface area contributed by atoms with Crippen LogP contribution in [0.15, 0.2) is 66.7 Å². The van der Waals surface area contributed by atoms with E-state index in [1.165, 1.54) is 27.9 Å². The van der Waals surface area contributed by atoms with E-state index in [1.54, 1.807) is 14.2 Å². The molecule has 2 aliphatic heterocycles. The van der Waals surface area contributed by atoms with Gasteiger partial charge in [-0.3, -0.25) is 0 Å². The van der Waals surface area contributed by atoms with E-state index < -0.39 is 5.60 Å². The predicted octanol–water partition coefficient (Wildman–Crippen LogP) is 6.12. The van der Waals surface area contributed by atoms with Crippen LogP contribution in [0.2, 0.25) is 0 Å². The molecule has 5 nitrogen and oxygen atoms in total. The highest BCUT2D eigenvalue weighted by molar-refractivity contribution is 5.54. The Morgan fingerprint density at radius 2 is 1.70 bits per heavy atom. The first kappa shape index (κ1) is 24.5. The van der Waals surface area contributed by atoms with Gasteiger partial charge in [0.05, 0.1) is 6.61 Å². The van der Waals surface area contributed by atoms with Gasteiger partial charge >= 0.3 is 0 Å². The lowest BCUT2D eigenvalue weighted by Gasteiger charge is -2.48. The van der Waals surface area contributed by atoms with Crippen LogP contribution >= 0.6 is 0 Å². The number of aromatic hydroxyl groups is 1. The SMILES string of the molecule is COC(OC)C1CCN(c2ccc([C@H]3c4ccc(O)cc4CO[C@]34CCCc3ccccc34)cc2)CC1. The third-order valence-corrected chi connectivity index (χ3v) is 8.84. The monoisotopic (exact) mass is 499 g/mol. The molecule has 1 fully saturated rings. The summed E-state index contributed by atoms with van der Waals surface area (Å²) in [5, 5.41) is 10.2. The minimum absolute atomic E-state index is 0.0715. The van der Waals surface area contributed by atoms with Gasteiger partial charge in [0, 0.05) is 44.8 Å². The predicted molar refractivity (Wildman–Crippen MR) is 145 cm³/mol. The maximum atomic E-state index is 10.2. The summed E-state index contributed by atoms with van der Waals surface area (Å²) in [6, 6.07) is 23.7. The highest BCUT2D eigenvalue weighted by atomic mass is 16.7. The third-order valence-electron chi connectivity index (χ3n) is 8.84. The summed E-state index contributed by atoms with van der Waals surface area (Å²) in [6.07, 6.45) is 5.19. The molecule has 0 amide bonds. The Morgan fingerprint density at radius 1 is 0.946 bits per heavy atom. The summed E-state index contributed by atoms with van der Waals surface area (Å²) < 4.78 is 17.9. The van der Waals surface area contributed by atoms with Crippen LogP contribution in [-0.4, -0.2) is 38.7 Å². The van der Waals surface area contributed by atoms with Gasteiger partial charge in [0.15, 0.2) is 6.29 Å². The quantitative estimate of drug-likeness (QED) is 0.429. The summed E-state index contributed by atoms with van der Waals surface area (Å²) in [4.78, 5) is 2.47. The Labute approximate surface area is 220 Å². The number of methoxy groups -OCH3 is 2. The Morgan fingerprint density at radius 3 is 2.46 bits per heavy atom. The second-order valence-electron chi connectivity index (χ2n) is 10.8. The van der Waals surface area contributed by atoms with Gasteiger partial charge in [0.25, 0.3) is 0 Å². The van der Waals surface area contributed by atoms with E-state index in [0.29, 0.717) is 18.3 Å². The molecule has 2 atom stereocenters. The van der Waals surface area contributed by atoms with Crippen LogP contribution < -0.4 is 4.90 Å². The van der Waals surface area contributed by atoms with Crippen molar-refractivity contribution in [2.75, 3.05) is 32.2 Å². The van der Waals surface area contributed by atoms with E-state index >= 15 is 0 Å². The van der Waals surface area contributed by atoms with Gasteiger partial charge in [-0.2, -0.15) is 0 Å². The maximum absolute atomic E-state index is 10.2. The highest BCUT2D eigenvalue weighted by Gasteiger charge is 2.49. The molecule has 0 saturated carbocycles. The van der Waals surface area contributed by atoms with Gasteiger partial charge in [-0.25, -0.2) is 0 Å². The van der Waals surface area contributed by atoms with Crippen LogP contribution in [0, 0.1) is 5.92 Å². The summed E-state index contributed by atoms with van der Waals surface area (Å²) in [7, 11) is 3.45. The number of fused-ring (bicyclic) bond motifs is 3. The van der Waals surface area contributed by atoms with Crippen molar-refractivity contribution < 1.29 is 19.3 Å². The van der Waals surface area contributed by atoms with Gasteiger partial charge in [0.2, 0.25) is 0 Å². The molecule has 3 aliphatic rings. The standard InChI is InChI=1S/C32H37NO4/c1-35-31(36-2)24-15-18-33(19-16-24)26-11-9-23(10-12-26)30-28-14-13-27(34)20-25(28)21-37-32(30)17-5-7-22-6-3-4-8-29(22)32/h3-4,6,8-14,20,24,30-31,34H,5,7,15-19,21H2,1-2H3/t30-,32-/m0/s1. The van der Waals surface area contributed by atoms with Crippen molar-refractivity contribution in [3.05, 3.63) is 94.5 Å². The number of benzene rings is 3. The molecule has 1 aliphatic carbocycles. The topological polar surface area (TPSA) is 51.2 Å². The first-order valence-electron chi connectivity index (χ1n) is 13.6. The number of aryl methyl sites for hydroxylation is 1. The molecule has 0 radical (unpaired) electrons. The zero-order chi connectivity index (χ0) is 25.4. The normalized spacial score (nSPS) is 23.8. The second-order valence-corrected chi connectivity index (χ2v) is 10.8. The number of nitrogens with zero attached hydrogens (tertiary/aromatic N) is 1. The number of ether oxygens (including phenoxy) is 3. The number of anilines is 1. The van der Waals surface area contributed by atoms with E-state index in [-0.39, 0.29) is 12.2 Å². The molecule has 3 aromatic carbocycles. The van der Waals surface area contributed by atoms with Gasteiger partial charge in [-0.05, 0) is 84.2 Å². The van der Waals surface area contributed by atoms with Gasteiger partial charge < -0.3 is 24.2 Å². The minimum atomic E-state index is -0.395. The number of phenolic OH excluding ortho intramolecular Hbond substituents is 1. The Balaban J connectivity index is 1.33. The molecule has 1 spiro atoms. The van der Waals surface area contributed by atoms with E-state index in [0.717, 1.165) is 50.8 Å². The number of hydrogen-bond acceptors (Lipinski definition) is 5. The molecule has 2 heterocycles. The van der Waals surface area contributed by atoms with Crippen LogP contribution in [0.4, 0.5) is 5.69 Å². The molecule has 37 heavy (non-hydrogen) atoms. The molecular formula is C32H37NO4. The lowest BCUT2D eigenvalue weighted by Crippen LogP contribution is -2.43. The Kier molecular flexibility index (Phi) is 6.70. The number of phenols is 1.